The highest BCUT2D eigenvalue weighted by atomic mass is 16.8. The van der Waals surface area contributed by atoms with E-state index in [0.717, 1.165) is 11.1 Å². The molecule has 8 heteroatoms. The van der Waals surface area contributed by atoms with E-state index in [2.05, 4.69) is 0 Å². The maximum atomic E-state index is 13.3. The van der Waals surface area contributed by atoms with E-state index in [1.54, 1.807) is 4.90 Å². The van der Waals surface area contributed by atoms with Crippen LogP contribution in [0.15, 0.2) is 60.7 Å². The van der Waals surface area contributed by atoms with Crippen molar-refractivity contribution in [2.45, 2.75) is 69.1 Å². The van der Waals surface area contributed by atoms with Crippen LogP contribution < -0.4 is 0 Å². The number of benzene rings is 2. The Balaban J connectivity index is 1.24. The molecular formula is C26H29NO7. The molecule has 4 aliphatic rings. The van der Waals surface area contributed by atoms with E-state index in [9.17, 15) is 4.79 Å². The minimum Gasteiger partial charge on any atom is -0.356 e. The van der Waals surface area contributed by atoms with Crippen LogP contribution in [0.4, 0.5) is 0 Å². The molecule has 0 bridgehead atoms. The van der Waals surface area contributed by atoms with E-state index < -0.39 is 42.5 Å². The summed E-state index contributed by atoms with van der Waals surface area (Å²) < 4.78 is 36.7. The highest BCUT2D eigenvalue weighted by molar-refractivity contribution is 5.85. The summed E-state index contributed by atoms with van der Waals surface area (Å²) in [6.07, 6.45) is -2.86. The fourth-order valence-corrected chi connectivity index (χ4v) is 4.98. The second-order valence-electron chi connectivity index (χ2n) is 9.68. The van der Waals surface area contributed by atoms with Crippen LogP contribution in [0.1, 0.15) is 31.3 Å². The molecule has 4 heterocycles. The summed E-state index contributed by atoms with van der Waals surface area (Å²) in [6, 6.07) is 19.2. The van der Waals surface area contributed by atoms with Crippen LogP contribution in [-0.2, 0) is 39.8 Å². The zero-order chi connectivity index (χ0) is 23.3. The quantitative estimate of drug-likeness (QED) is 0.626. The molecule has 34 heavy (non-hydrogen) atoms. The second kappa shape index (κ2) is 8.71. The van der Waals surface area contributed by atoms with Gasteiger partial charge in [-0.2, -0.15) is 0 Å². The molecular weight excluding hydrogens is 438 g/mol. The summed E-state index contributed by atoms with van der Waals surface area (Å²) in [5.41, 5.74) is 1.48. The normalized spacial score (nSPS) is 35.9. The summed E-state index contributed by atoms with van der Waals surface area (Å²) >= 11 is 0. The smallest absolute Gasteiger partial charge is 0.257 e. The first-order valence-corrected chi connectivity index (χ1v) is 11.7. The van der Waals surface area contributed by atoms with Crippen LogP contribution in [-0.4, -0.2) is 66.5 Å². The molecule has 4 saturated heterocycles. The van der Waals surface area contributed by atoms with Crippen molar-refractivity contribution in [1.82, 2.24) is 4.90 Å². The van der Waals surface area contributed by atoms with Gasteiger partial charge in [0.05, 0.1) is 18.8 Å². The molecule has 0 saturated carbocycles. The topological polar surface area (TPSA) is 79.0 Å². The van der Waals surface area contributed by atoms with Gasteiger partial charge in [0.25, 0.3) is 5.91 Å². The molecule has 0 radical (unpaired) electrons. The summed E-state index contributed by atoms with van der Waals surface area (Å²) in [7, 11) is 0. The summed E-state index contributed by atoms with van der Waals surface area (Å²) in [5.74, 6) is -0.112. The third-order valence-corrected chi connectivity index (χ3v) is 6.91. The number of carbonyl (C=O) groups excluding carboxylic acids is 1. The maximum absolute atomic E-state index is 13.3. The van der Waals surface area contributed by atoms with Gasteiger partial charge < -0.3 is 33.3 Å². The van der Waals surface area contributed by atoms with Crippen LogP contribution in [0.25, 0.3) is 0 Å². The molecule has 6 rings (SSSR count). The van der Waals surface area contributed by atoms with E-state index in [4.69, 9.17) is 28.4 Å². The largest absolute Gasteiger partial charge is 0.356 e. The lowest BCUT2D eigenvalue weighted by Gasteiger charge is -2.47. The molecule has 0 aromatic heterocycles. The molecule has 0 aliphatic carbocycles. The van der Waals surface area contributed by atoms with Gasteiger partial charge >= 0.3 is 0 Å². The fourth-order valence-electron chi connectivity index (χ4n) is 4.98. The molecule has 180 valence electrons. The van der Waals surface area contributed by atoms with Crippen molar-refractivity contribution >= 4 is 5.91 Å². The molecule has 4 fully saturated rings. The van der Waals surface area contributed by atoms with Crippen molar-refractivity contribution in [3.8, 4) is 0 Å². The van der Waals surface area contributed by atoms with E-state index in [-0.39, 0.29) is 18.7 Å². The monoisotopic (exact) mass is 467 g/mol. The summed E-state index contributed by atoms with van der Waals surface area (Å²) in [4.78, 5) is 15.0. The molecule has 8 nitrogen and oxygen atoms in total. The average Bonchev–Trinajstić information content (AvgIpc) is 3.29. The number of hydrogen-bond donors (Lipinski definition) is 0. The van der Waals surface area contributed by atoms with E-state index >= 15 is 0 Å². The first-order chi connectivity index (χ1) is 16.5. The van der Waals surface area contributed by atoms with Gasteiger partial charge in [0.2, 0.25) is 0 Å². The van der Waals surface area contributed by atoms with Crippen LogP contribution in [0.3, 0.4) is 0 Å². The molecule has 0 unspecified atom stereocenters. The Bertz CT molecular complexity index is 1020. The molecule has 4 aliphatic heterocycles. The van der Waals surface area contributed by atoms with Crippen LogP contribution >= 0.6 is 0 Å². The predicted octanol–water partition coefficient (Wildman–Crippen LogP) is 2.77. The Morgan fingerprint density at radius 2 is 1.71 bits per heavy atom. The zero-order valence-corrected chi connectivity index (χ0v) is 19.2. The third-order valence-electron chi connectivity index (χ3n) is 6.91. The zero-order valence-electron chi connectivity index (χ0n) is 19.2. The van der Waals surface area contributed by atoms with Gasteiger partial charge in [-0.05, 0) is 19.4 Å². The van der Waals surface area contributed by atoms with Gasteiger partial charge in [-0.3, -0.25) is 4.79 Å². The summed E-state index contributed by atoms with van der Waals surface area (Å²) in [5, 5.41) is 0. The van der Waals surface area contributed by atoms with Crippen molar-refractivity contribution in [1.29, 1.82) is 0 Å². The SMILES string of the molecule is CC1(C)O[C@@H]1C(=O)N1CO[C@@H]2[C@@H]3O[C@H](c4ccccc4)OC[C@H]3O[C@@H](OCc3ccccc3)[C@@H]21. The number of nitrogens with zero attached hydrogens (tertiary/aromatic N) is 1. The summed E-state index contributed by atoms with van der Waals surface area (Å²) in [6.45, 7) is 4.66. The Morgan fingerprint density at radius 3 is 2.41 bits per heavy atom. The van der Waals surface area contributed by atoms with Gasteiger partial charge in [-0.1, -0.05) is 60.7 Å². The van der Waals surface area contributed by atoms with Crippen molar-refractivity contribution in [2.75, 3.05) is 13.3 Å². The Kier molecular flexibility index (Phi) is 5.68. The standard InChI is InChI=1S/C26H29NO7/c1-26(2)22(34-26)23(28)27-15-31-21-19(27)25(29-13-16-9-5-3-6-10-16)32-18-14-30-24(33-20(18)21)17-11-7-4-8-12-17/h3-12,18-22,24-25H,13-15H2,1-2H3/t18-,19-,20-,21+,22-,24-,25-/m1/s1. The first-order valence-electron chi connectivity index (χ1n) is 11.7. The first kappa shape index (κ1) is 22.2. The molecule has 0 N–H and O–H groups in total. The van der Waals surface area contributed by atoms with Crippen molar-refractivity contribution in [3.05, 3.63) is 71.8 Å². The predicted molar refractivity (Wildman–Crippen MR) is 119 cm³/mol. The number of hydrogen-bond acceptors (Lipinski definition) is 7. The number of fused-ring (bicyclic) bond motifs is 3. The van der Waals surface area contributed by atoms with E-state index in [1.807, 2.05) is 74.5 Å². The van der Waals surface area contributed by atoms with Gasteiger partial charge in [0.1, 0.15) is 31.1 Å². The minimum atomic E-state index is -0.680. The molecule has 1 amide bonds. The Morgan fingerprint density at radius 1 is 1.00 bits per heavy atom. The van der Waals surface area contributed by atoms with Crippen molar-refractivity contribution in [3.63, 3.8) is 0 Å². The van der Waals surface area contributed by atoms with Gasteiger partial charge in [0, 0.05) is 5.56 Å². The third kappa shape index (κ3) is 4.04. The Labute approximate surface area is 198 Å². The lowest BCUT2D eigenvalue weighted by atomic mass is 9.95. The van der Waals surface area contributed by atoms with Crippen molar-refractivity contribution in [2.24, 2.45) is 0 Å². The van der Waals surface area contributed by atoms with Crippen LogP contribution in [0.2, 0.25) is 0 Å². The minimum absolute atomic E-state index is 0.112. The van der Waals surface area contributed by atoms with E-state index in [0.29, 0.717) is 13.2 Å². The maximum Gasteiger partial charge on any atom is 0.257 e. The van der Waals surface area contributed by atoms with E-state index in [1.165, 1.54) is 0 Å². The Hall–Kier alpha value is -2.33. The number of ether oxygens (including phenoxy) is 6. The van der Waals surface area contributed by atoms with Crippen molar-refractivity contribution < 1.29 is 33.2 Å². The molecule has 2 aromatic carbocycles. The average molecular weight is 468 g/mol. The molecule has 2 aromatic rings. The fraction of sp³-hybridized carbons (Fsp3) is 0.500. The van der Waals surface area contributed by atoms with Crippen LogP contribution in [0.5, 0.6) is 0 Å². The lowest BCUT2D eigenvalue weighted by Crippen LogP contribution is -2.64. The van der Waals surface area contributed by atoms with Gasteiger partial charge in [0.15, 0.2) is 18.7 Å². The second-order valence-corrected chi connectivity index (χ2v) is 9.68. The van der Waals surface area contributed by atoms with Gasteiger partial charge in [-0.15, -0.1) is 0 Å². The highest BCUT2D eigenvalue weighted by Gasteiger charge is 2.61. The highest BCUT2D eigenvalue weighted by Crippen LogP contribution is 2.43. The number of amides is 1. The molecule has 7 atom stereocenters. The van der Waals surface area contributed by atoms with Crippen LogP contribution in [0, 0.1) is 0 Å². The number of carbonyl (C=O) groups is 1. The number of rotatable bonds is 5. The molecule has 0 spiro atoms. The van der Waals surface area contributed by atoms with Gasteiger partial charge in [-0.25, -0.2) is 0 Å². The number of epoxide rings is 1. The lowest BCUT2D eigenvalue weighted by molar-refractivity contribution is -0.342.